The molecule has 0 aliphatic rings. The molecule has 2 aromatic rings. The number of nitro groups is 1. The Morgan fingerprint density at radius 1 is 1.14 bits per heavy atom. The Labute approximate surface area is 130 Å². The molecule has 0 atom stereocenters. The number of benzene rings is 2. The van der Waals surface area contributed by atoms with Crippen LogP contribution < -0.4 is 0 Å². The van der Waals surface area contributed by atoms with Gasteiger partial charge in [0.2, 0.25) is 0 Å². The van der Waals surface area contributed by atoms with Crippen molar-refractivity contribution in [2.24, 2.45) is 0 Å². The second kappa shape index (κ2) is 6.52. The van der Waals surface area contributed by atoms with E-state index in [0.29, 0.717) is 15.6 Å². The molecule has 2 aromatic carbocycles. The first-order valence-corrected chi connectivity index (χ1v) is 6.65. The third-order valence-electron chi connectivity index (χ3n) is 2.72. The number of hydrogen-bond donors (Lipinski definition) is 0. The Morgan fingerprint density at radius 3 is 2.57 bits per heavy atom. The van der Waals surface area contributed by atoms with Crippen LogP contribution in [0.2, 0.25) is 10.0 Å². The van der Waals surface area contributed by atoms with Gasteiger partial charge >= 0.3 is 0 Å². The highest BCUT2D eigenvalue weighted by molar-refractivity contribution is 6.35. The van der Waals surface area contributed by atoms with Gasteiger partial charge in [0, 0.05) is 27.7 Å². The second-order valence-corrected chi connectivity index (χ2v) is 5.01. The van der Waals surface area contributed by atoms with Crippen LogP contribution in [0, 0.1) is 10.1 Å². The average molecular weight is 322 g/mol. The summed E-state index contributed by atoms with van der Waals surface area (Å²) in [6, 6.07) is 10.5. The fourth-order valence-electron chi connectivity index (χ4n) is 1.67. The zero-order chi connectivity index (χ0) is 15.4. The number of allylic oxidation sites excluding steroid dienone is 1. The van der Waals surface area contributed by atoms with E-state index < -0.39 is 4.92 Å². The van der Waals surface area contributed by atoms with Crippen LogP contribution in [0.4, 0.5) is 5.69 Å². The number of rotatable bonds is 4. The Balaban J connectivity index is 2.23. The van der Waals surface area contributed by atoms with Crippen LogP contribution in [-0.2, 0) is 0 Å². The molecule has 0 unspecified atom stereocenters. The van der Waals surface area contributed by atoms with Crippen molar-refractivity contribution >= 4 is 40.7 Å². The highest BCUT2D eigenvalue weighted by Crippen LogP contribution is 2.22. The molecule has 106 valence electrons. The summed E-state index contributed by atoms with van der Waals surface area (Å²) in [5.41, 5.74) is 0.754. The van der Waals surface area contributed by atoms with Gasteiger partial charge in [0.25, 0.3) is 5.69 Å². The fraction of sp³-hybridized carbons (Fsp3) is 0. The third-order valence-corrected chi connectivity index (χ3v) is 3.28. The molecule has 0 saturated carbocycles. The minimum atomic E-state index is -0.545. The molecular weight excluding hydrogens is 313 g/mol. The van der Waals surface area contributed by atoms with E-state index in [9.17, 15) is 14.9 Å². The standard InChI is InChI=1S/C15H9Cl2NO3/c16-12-6-4-10(14(17)9-12)5-7-15(19)11-2-1-3-13(8-11)18(20)21/h1-9H. The van der Waals surface area contributed by atoms with E-state index in [0.717, 1.165) is 0 Å². The topological polar surface area (TPSA) is 60.2 Å². The summed E-state index contributed by atoms with van der Waals surface area (Å²) >= 11 is 11.8. The van der Waals surface area contributed by atoms with E-state index in [1.165, 1.54) is 30.3 Å². The largest absolute Gasteiger partial charge is 0.289 e. The maximum absolute atomic E-state index is 12.0. The summed E-state index contributed by atoms with van der Waals surface area (Å²) in [5, 5.41) is 11.6. The summed E-state index contributed by atoms with van der Waals surface area (Å²) in [6.45, 7) is 0. The smallest absolute Gasteiger partial charge is 0.270 e. The molecule has 0 aromatic heterocycles. The third kappa shape index (κ3) is 3.90. The lowest BCUT2D eigenvalue weighted by atomic mass is 10.1. The van der Waals surface area contributed by atoms with Crippen molar-refractivity contribution in [3.63, 3.8) is 0 Å². The zero-order valence-corrected chi connectivity index (χ0v) is 12.1. The molecule has 0 amide bonds. The molecule has 0 radical (unpaired) electrons. The van der Waals surface area contributed by atoms with E-state index in [1.807, 2.05) is 0 Å². The minimum absolute atomic E-state index is 0.126. The molecule has 0 aliphatic heterocycles. The van der Waals surface area contributed by atoms with E-state index >= 15 is 0 Å². The number of halogens is 2. The molecule has 0 heterocycles. The van der Waals surface area contributed by atoms with Crippen molar-refractivity contribution < 1.29 is 9.72 Å². The Bertz CT molecular complexity index is 741. The molecular formula is C15H9Cl2NO3. The van der Waals surface area contributed by atoms with Crippen molar-refractivity contribution in [3.05, 3.63) is 79.8 Å². The maximum Gasteiger partial charge on any atom is 0.270 e. The number of non-ortho nitro benzene ring substituents is 1. The monoisotopic (exact) mass is 321 g/mol. The number of nitro benzene ring substituents is 1. The lowest BCUT2D eigenvalue weighted by Crippen LogP contribution is -1.96. The quantitative estimate of drug-likeness (QED) is 0.352. The Hall–Kier alpha value is -2.17. The van der Waals surface area contributed by atoms with Gasteiger partial charge in [-0.2, -0.15) is 0 Å². The van der Waals surface area contributed by atoms with Crippen LogP contribution in [0.5, 0.6) is 0 Å². The van der Waals surface area contributed by atoms with Gasteiger partial charge in [-0.15, -0.1) is 0 Å². The van der Waals surface area contributed by atoms with E-state index in [2.05, 4.69) is 0 Å². The number of carbonyl (C=O) groups is 1. The first-order chi connectivity index (χ1) is 9.97. The van der Waals surface area contributed by atoms with Crippen LogP contribution in [0.15, 0.2) is 48.5 Å². The number of hydrogen-bond acceptors (Lipinski definition) is 3. The predicted molar refractivity (Wildman–Crippen MR) is 82.9 cm³/mol. The summed E-state index contributed by atoms with van der Waals surface area (Å²) in [4.78, 5) is 22.1. The Kier molecular flexibility index (Phi) is 4.73. The van der Waals surface area contributed by atoms with Crippen LogP contribution in [0.25, 0.3) is 6.08 Å². The predicted octanol–water partition coefficient (Wildman–Crippen LogP) is 4.80. The molecule has 6 heteroatoms. The van der Waals surface area contributed by atoms with Gasteiger partial charge in [0.15, 0.2) is 5.78 Å². The molecule has 0 saturated heterocycles. The molecule has 0 fully saturated rings. The van der Waals surface area contributed by atoms with Gasteiger partial charge < -0.3 is 0 Å². The Morgan fingerprint density at radius 2 is 1.90 bits per heavy atom. The van der Waals surface area contributed by atoms with Crippen LogP contribution in [0.1, 0.15) is 15.9 Å². The number of carbonyl (C=O) groups excluding carboxylic acids is 1. The highest BCUT2D eigenvalue weighted by Gasteiger charge is 2.09. The molecule has 0 aliphatic carbocycles. The molecule has 0 spiro atoms. The van der Waals surface area contributed by atoms with Crippen LogP contribution in [-0.4, -0.2) is 10.7 Å². The SMILES string of the molecule is O=C(C=Cc1ccc(Cl)cc1Cl)c1cccc([N+](=O)[O-])c1. The lowest BCUT2D eigenvalue weighted by Gasteiger charge is -1.99. The lowest BCUT2D eigenvalue weighted by molar-refractivity contribution is -0.384. The van der Waals surface area contributed by atoms with Crippen molar-refractivity contribution in [1.82, 2.24) is 0 Å². The summed E-state index contributed by atoms with van der Waals surface area (Å²) < 4.78 is 0. The molecule has 0 N–H and O–H groups in total. The second-order valence-electron chi connectivity index (χ2n) is 4.17. The number of ketones is 1. The molecule has 0 bridgehead atoms. The van der Waals surface area contributed by atoms with Crippen molar-refractivity contribution in [2.45, 2.75) is 0 Å². The number of nitrogens with zero attached hydrogens (tertiary/aromatic N) is 1. The normalized spacial score (nSPS) is 10.8. The van der Waals surface area contributed by atoms with E-state index in [4.69, 9.17) is 23.2 Å². The van der Waals surface area contributed by atoms with Crippen LogP contribution >= 0.6 is 23.2 Å². The van der Waals surface area contributed by atoms with Gasteiger partial charge in [-0.05, 0) is 29.8 Å². The van der Waals surface area contributed by atoms with Crippen molar-refractivity contribution in [2.75, 3.05) is 0 Å². The van der Waals surface area contributed by atoms with Gasteiger partial charge in [-0.1, -0.05) is 41.4 Å². The van der Waals surface area contributed by atoms with Crippen LogP contribution in [0.3, 0.4) is 0 Å². The first-order valence-electron chi connectivity index (χ1n) is 5.89. The van der Waals surface area contributed by atoms with Crippen molar-refractivity contribution in [3.8, 4) is 0 Å². The van der Waals surface area contributed by atoms with Gasteiger partial charge in [-0.25, -0.2) is 0 Å². The van der Waals surface area contributed by atoms with E-state index in [-0.39, 0.29) is 17.0 Å². The summed E-state index contributed by atoms with van der Waals surface area (Å²) in [6.07, 6.45) is 2.86. The molecule has 4 nitrogen and oxygen atoms in total. The van der Waals surface area contributed by atoms with Gasteiger partial charge in [0.1, 0.15) is 0 Å². The van der Waals surface area contributed by atoms with Crippen molar-refractivity contribution in [1.29, 1.82) is 0 Å². The highest BCUT2D eigenvalue weighted by atomic mass is 35.5. The summed E-state index contributed by atoms with van der Waals surface area (Å²) in [5.74, 6) is -0.343. The summed E-state index contributed by atoms with van der Waals surface area (Å²) in [7, 11) is 0. The average Bonchev–Trinajstić information content (AvgIpc) is 2.46. The van der Waals surface area contributed by atoms with Gasteiger partial charge in [0.05, 0.1) is 4.92 Å². The molecule has 2 rings (SSSR count). The minimum Gasteiger partial charge on any atom is -0.289 e. The van der Waals surface area contributed by atoms with E-state index in [1.54, 1.807) is 24.3 Å². The van der Waals surface area contributed by atoms with Gasteiger partial charge in [-0.3, -0.25) is 14.9 Å². The maximum atomic E-state index is 12.0. The zero-order valence-electron chi connectivity index (χ0n) is 10.6. The first kappa shape index (κ1) is 15.2. The molecule has 21 heavy (non-hydrogen) atoms. The fourth-order valence-corrected chi connectivity index (χ4v) is 2.14.